The molecule has 8 nitrogen and oxygen atoms in total. The first kappa shape index (κ1) is 19.3. The van der Waals surface area contributed by atoms with Gasteiger partial charge in [0.25, 0.3) is 5.91 Å². The van der Waals surface area contributed by atoms with Crippen molar-refractivity contribution in [3.05, 3.63) is 47.5 Å². The molecule has 0 aromatic heterocycles. The van der Waals surface area contributed by atoms with Crippen molar-refractivity contribution in [3.8, 4) is 23.0 Å². The van der Waals surface area contributed by atoms with Gasteiger partial charge < -0.3 is 29.0 Å². The number of methoxy groups -OCH3 is 2. The SMILES string of the molecule is COc1cccc(C(=O)OC(C)C(=O)NCc2ccc3c(c2)OCO3)c1OC. The van der Waals surface area contributed by atoms with Crippen LogP contribution in [-0.4, -0.2) is 39.0 Å². The van der Waals surface area contributed by atoms with E-state index in [1.54, 1.807) is 30.3 Å². The second-order valence-corrected chi connectivity index (χ2v) is 5.99. The predicted octanol–water partition coefficient (Wildman–Crippen LogP) is 2.29. The lowest BCUT2D eigenvalue weighted by Gasteiger charge is -2.16. The lowest BCUT2D eigenvalue weighted by atomic mass is 10.2. The zero-order valence-electron chi connectivity index (χ0n) is 15.8. The van der Waals surface area contributed by atoms with Crippen LogP contribution >= 0.6 is 0 Å². The molecule has 148 valence electrons. The smallest absolute Gasteiger partial charge is 0.342 e. The van der Waals surface area contributed by atoms with Crippen LogP contribution in [0.5, 0.6) is 23.0 Å². The molecule has 0 spiro atoms. The molecule has 1 aliphatic rings. The molecule has 0 aliphatic carbocycles. The fourth-order valence-electron chi connectivity index (χ4n) is 2.71. The van der Waals surface area contributed by atoms with Crippen molar-refractivity contribution in [1.29, 1.82) is 0 Å². The molecule has 0 radical (unpaired) electrons. The number of carbonyl (C=O) groups excluding carboxylic acids is 2. The quantitative estimate of drug-likeness (QED) is 0.729. The van der Waals surface area contributed by atoms with Gasteiger partial charge in [-0.3, -0.25) is 4.79 Å². The van der Waals surface area contributed by atoms with Crippen molar-refractivity contribution in [2.75, 3.05) is 21.0 Å². The number of esters is 1. The Morgan fingerprint density at radius 1 is 1.11 bits per heavy atom. The van der Waals surface area contributed by atoms with E-state index < -0.39 is 18.0 Å². The fraction of sp³-hybridized carbons (Fsp3) is 0.300. The van der Waals surface area contributed by atoms with Gasteiger partial charge >= 0.3 is 5.97 Å². The lowest BCUT2D eigenvalue weighted by Crippen LogP contribution is -2.35. The topological polar surface area (TPSA) is 92.3 Å². The van der Waals surface area contributed by atoms with E-state index in [9.17, 15) is 9.59 Å². The first-order valence-corrected chi connectivity index (χ1v) is 8.61. The molecule has 8 heteroatoms. The van der Waals surface area contributed by atoms with Crippen LogP contribution in [0.25, 0.3) is 0 Å². The second kappa shape index (κ2) is 8.51. The average Bonchev–Trinajstić information content (AvgIpc) is 3.18. The number of nitrogens with one attached hydrogen (secondary N) is 1. The molecular formula is C20H21NO7. The van der Waals surface area contributed by atoms with Gasteiger partial charge in [-0.05, 0) is 36.8 Å². The summed E-state index contributed by atoms with van der Waals surface area (Å²) < 4.78 is 26.2. The number of amides is 1. The van der Waals surface area contributed by atoms with Crippen LogP contribution in [0.3, 0.4) is 0 Å². The Kier molecular flexibility index (Phi) is 5.88. The Bertz CT molecular complexity index is 881. The van der Waals surface area contributed by atoms with Crippen molar-refractivity contribution in [2.45, 2.75) is 19.6 Å². The van der Waals surface area contributed by atoms with Gasteiger partial charge in [0.15, 0.2) is 29.1 Å². The van der Waals surface area contributed by atoms with E-state index >= 15 is 0 Å². The molecule has 28 heavy (non-hydrogen) atoms. The summed E-state index contributed by atoms with van der Waals surface area (Å²) in [5.41, 5.74) is 1.02. The fourth-order valence-corrected chi connectivity index (χ4v) is 2.71. The Balaban J connectivity index is 1.59. The maximum atomic E-state index is 12.4. The summed E-state index contributed by atoms with van der Waals surface area (Å²) >= 11 is 0. The average molecular weight is 387 g/mol. The number of hydrogen-bond acceptors (Lipinski definition) is 7. The Morgan fingerprint density at radius 3 is 2.64 bits per heavy atom. The third-order valence-electron chi connectivity index (χ3n) is 4.18. The molecule has 3 rings (SSSR count). The lowest BCUT2D eigenvalue weighted by molar-refractivity contribution is -0.129. The number of fused-ring (bicyclic) bond motifs is 1. The summed E-state index contributed by atoms with van der Waals surface area (Å²) in [5, 5.41) is 2.73. The van der Waals surface area contributed by atoms with Gasteiger partial charge in [0.05, 0.1) is 14.2 Å². The zero-order valence-corrected chi connectivity index (χ0v) is 15.8. The molecular weight excluding hydrogens is 366 g/mol. The van der Waals surface area contributed by atoms with Gasteiger partial charge in [0, 0.05) is 6.54 Å². The molecule has 2 aromatic carbocycles. The Labute approximate surface area is 162 Å². The maximum Gasteiger partial charge on any atom is 0.342 e. The highest BCUT2D eigenvalue weighted by atomic mass is 16.7. The third-order valence-corrected chi connectivity index (χ3v) is 4.18. The maximum absolute atomic E-state index is 12.4. The minimum atomic E-state index is -0.989. The molecule has 1 heterocycles. The van der Waals surface area contributed by atoms with Crippen molar-refractivity contribution >= 4 is 11.9 Å². The molecule has 1 N–H and O–H groups in total. The molecule has 1 atom stereocenters. The van der Waals surface area contributed by atoms with E-state index in [0.717, 1.165) is 5.56 Å². The summed E-state index contributed by atoms with van der Waals surface area (Å²) in [6.45, 7) is 1.95. The van der Waals surface area contributed by atoms with Crippen LogP contribution < -0.4 is 24.3 Å². The van der Waals surface area contributed by atoms with Gasteiger partial charge in [-0.25, -0.2) is 4.79 Å². The molecule has 0 saturated carbocycles. The molecule has 2 aromatic rings. The standard InChI is InChI=1S/C20H21NO7/c1-12(28-20(23)14-5-4-6-16(24-2)18(14)25-3)19(22)21-10-13-7-8-15-17(9-13)27-11-26-15/h4-9,12H,10-11H2,1-3H3,(H,21,22). The Morgan fingerprint density at radius 2 is 1.89 bits per heavy atom. The first-order chi connectivity index (χ1) is 13.5. The van der Waals surface area contributed by atoms with E-state index in [0.29, 0.717) is 17.2 Å². The minimum absolute atomic E-state index is 0.178. The first-order valence-electron chi connectivity index (χ1n) is 8.61. The summed E-state index contributed by atoms with van der Waals surface area (Å²) in [5.74, 6) is 0.857. The number of rotatable bonds is 7. The number of benzene rings is 2. The van der Waals surface area contributed by atoms with Crippen LogP contribution in [0, 0.1) is 0 Å². The summed E-state index contributed by atoms with van der Waals surface area (Å²) in [4.78, 5) is 24.7. The van der Waals surface area contributed by atoms with E-state index in [-0.39, 0.29) is 24.7 Å². The van der Waals surface area contributed by atoms with E-state index in [1.165, 1.54) is 21.1 Å². The molecule has 1 amide bonds. The van der Waals surface area contributed by atoms with Crippen molar-refractivity contribution in [3.63, 3.8) is 0 Å². The predicted molar refractivity (Wildman–Crippen MR) is 98.8 cm³/mol. The van der Waals surface area contributed by atoms with Crippen molar-refractivity contribution in [2.24, 2.45) is 0 Å². The highest BCUT2D eigenvalue weighted by Crippen LogP contribution is 2.33. The molecule has 0 bridgehead atoms. The summed E-state index contributed by atoms with van der Waals surface area (Å²) in [7, 11) is 2.90. The molecule has 1 aliphatic heterocycles. The van der Waals surface area contributed by atoms with Crippen LogP contribution in [0.4, 0.5) is 0 Å². The highest BCUT2D eigenvalue weighted by molar-refractivity contribution is 5.95. The van der Waals surface area contributed by atoms with Gasteiger partial charge in [0.1, 0.15) is 5.56 Å². The van der Waals surface area contributed by atoms with E-state index in [1.807, 2.05) is 6.07 Å². The van der Waals surface area contributed by atoms with E-state index in [4.69, 9.17) is 23.7 Å². The minimum Gasteiger partial charge on any atom is -0.493 e. The number of ether oxygens (including phenoxy) is 5. The number of carbonyl (C=O) groups is 2. The number of hydrogen-bond donors (Lipinski definition) is 1. The Hall–Kier alpha value is -3.42. The number of para-hydroxylation sites is 1. The molecule has 0 saturated heterocycles. The van der Waals surface area contributed by atoms with Crippen molar-refractivity contribution < 1.29 is 33.3 Å². The van der Waals surface area contributed by atoms with Gasteiger partial charge in [0.2, 0.25) is 6.79 Å². The van der Waals surface area contributed by atoms with E-state index in [2.05, 4.69) is 5.32 Å². The molecule has 1 unspecified atom stereocenters. The van der Waals surface area contributed by atoms with Gasteiger partial charge in [-0.15, -0.1) is 0 Å². The van der Waals surface area contributed by atoms with Crippen LogP contribution in [0.1, 0.15) is 22.8 Å². The largest absolute Gasteiger partial charge is 0.493 e. The van der Waals surface area contributed by atoms with Gasteiger partial charge in [-0.2, -0.15) is 0 Å². The summed E-state index contributed by atoms with van der Waals surface area (Å²) in [6.07, 6.45) is -0.989. The summed E-state index contributed by atoms with van der Waals surface area (Å²) in [6, 6.07) is 10.2. The van der Waals surface area contributed by atoms with Crippen LogP contribution in [0.2, 0.25) is 0 Å². The monoisotopic (exact) mass is 387 g/mol. The normalized spacial score (nSPS) is 12.8. The third kappa shape index (κ3) is 4.11. The zero-order chi connectivity index (χ0) is 20.1. The second-order valence-electron chi connectivity index (χ2n) is 5.99. The molecule has 0 fully saturated rings. The highest BCUT2D eigenvalue weighted by Gasteiger charge is 2.23. The van der Waals surface area contributed by atoms with Crippen LogP contribution in [0.15, 0.2) is 36.4 Å². The van der Waals surface area contributed by atoms with Gasteiger partial charge in [-0.1, -0.05) is 12.1 Å². The van der Waals surface area contributed by atoms with Crippen LogP contribution in [-0.2, 0) is 16.1 Å². The van der Waals surface area contributed by atoms with Crippen molar-refractivity contribution in [1.82, 2.24) is 5.32 Å².